The molecule has 0 bridgehead atoms. The maximum atomic E-state index is 13.9. The van der Waals surface area contributed by atoms with E-state index in [0.29, 0.717) is 11.8 Å². The fourth-order valence-electron chi connectivity index (χ4n) is 4.87. The second-order valence-electron chi connectivity index (χ2n) is 8.17. The van der Waals surface area contributed by atoms with Crippen LogP contribution in [-0.2, 0) is 25.7 Å². The largest absolute Gasteiger partial charge is 0.205 e. The first-order valence-electron chi connectivity index (χ1n) is 10.4. The first-order valence-corrected chi connectivity index (χ1v) is 10.8. The lowest BCUT2D eigenvalue weighted by Gasteiger charge is -2.31. The van der Waals surface area contributed by atoms with Gasteiger partial charge in [0.1, 0.15) is 5.82 Å². The molecule has 0 saturated carbocycles. The van der Waals surface area contributed by atoms with E-state index < -0.39 is 0 Å². The van der Waals surface area contributed by atoms with Gasteiger partial charge in [-0.2, -0.15) is 0 Å². The smallest absolute Gasteiger partial charge is 0.142 e. The van der Waals surface area contributed by atoms with Crippen LogP contribution in [0.25, 0.3) is 0 Å². The molecule has 0 aromatic heterocycles. The molecule has 2 aliphatic carbocycles. The summed E-state index contributed by atoms with van der Waals surface area (Å²) in [7, 11) is 0. The fraction of sp³-hybridized carbons (Fsp3) is 0.440. The van der Waals surface area contributed by atoms with E-state index in [0.717, 1.165) is 24.8 Å². The summed E-state index contributed by atoms with van der Waals surface area (Å²) >= 11 is 5.85. The quantitative estimate of drug-likeness (QED) is 0.490. The fourth-order valence-corrected chi connectivity index (χ4v) is 4.98. The van der Waals surface area contributed by atoms with Gasteiger partial charge in [-0.15, -0.1) is 0 Å². The summed E-state index contributed by atoms with van der Waals surface area (Å²) in [5.74, 6) is 0.804. The van der Waals surface area contributed by atoms with Gasteiger partial charge in [0.25, 0.3) is 0 Å². The van der Waals surface area contributed by atoms with Crippen LogP contribution in [0.3, 0.4) is 0 Å². The maximum absolute atomic E-state index is 13.9. The maximum Gasteiger partial charge on any atom is 0.142 e. The van der Waals surface area contributed by atoms with Crippen molar-refractivity contribution in [3.8, 4) is 0 Å². The molecular weight excluding hydrogens is 355 g/mol. The molecule has 0 aliphatic heterocycles. The molecule has 27 heavy (non-hydrogen) atoms. The summed E-state index contributed by atoms with van der Waals surface area (Å²) in [6.45, 7) is 2.23. The molecular formula is C25H28ClF. The van der Waals surface area contributed by atoms with Crippen LogP contribution in [0, 0.1) is 11.7 Å². The lowest BCUT2D eigenvalue weighted by atomic mass is 9.74. The van der Waals surface area contributed by atoms with Gasteiger partial charge in [0.05, 0.1) is 5.02 Å². The van der Waals surface area contributed by atoms with E-state index in [9.17, 15) is 4.39 Å². The summed E-state index contributed by atoms with van der Waals surface area (Å²) in [5.41, 5.74) is 7.33. The molecule has 0 nitrogen and oxygen atoms in total. The summed E-state index contributed by atoms with van der Waals surface area (Å²) in [5, 5.41) is 0.214. The third-order valence-electron chi connectivity index (χ3n) is 6.36. The minimum atomic E-state index is -0.299. The van der Waals surface area contributed by atoms with Gasteiger partial charge in [-0.1, -0.05) is 55.3 Å². The van der Waals surface area contributed by atoms with Crippen LogP contribution in [0.2, 0.25) is 5.02 Å². The monoisotopic (exact) mass is 382 g/mol. The number of hydrogen-bond donors (Lipinski definition) is 0. The molecule has 0 N–H and O–H groups in total. The average Bonchev–Trinajstić information content (AvgIpc) is 2.69. The summed E-state index contributed by atoms with van der Waals surface area (Å²) in [6.07, 6.45) is 14.1. The zero-order chi connectivity index (χ0) is 18.8. The number of halogens is 2. The zero-order valence-corrected chi connectivity index (χ0v) is 16.9. The molecule has 2 aromatic rings. The summed E-state index contributed by atoms with van der Waals surface area (Å²) in [4.78, 5) is 0. The molecule has 0 spiro atoms. The second kappa shape index (κ2) is 8.19. The van der Waals surface area contributed by atoms with E-state index in [1.807, 2.05) is 6.07 Å². The lowest BCUT2D eigenvalue weighted by Crippen LogP contribution is -2.20. The molecule has 2 atom stereocenters. The van der Waals surface area contributed by atoms with E-state index in [-0.39, 0.29) is 10.8 Å². The highest BCUT2D eigenvalue weighted by Gasteiger charge is 2.26. The minimum absolute atomic E-state index is 0.214. The van der Waals surface area contributed by atoms with E-state index >= 15 is 0 Å². The molecule has 0 fully saturated rings. The number of unbranched alkanes of at least 4 members (excludes halogenated alkanes) is 1. The highest BCUT2D eigenvalue weighted by Crippen LogP contribution is 2.39. The molecule has 4 rings (SSSR count). The van der Waals surface area contributed by atoms with Gasteiger partial charge in [-0.25, -0.2) is 4.39 Å². The number of hydrogen-bond acceptors (Lipinski definition) is 0. The number of allylic oxidation sites excluding steroid dienone is 2. The lowest BCUT2D eigenvalue weighted by molar-refractivity contribution is 0.531. The van der Waals surface area contributed by atoms with Gasteiger partial charge in [0, 0.05) is 0 Å². The van der Waals surface area contributed by atoms with Crippen molar-refractivity contribution in [1.29, 1.82) is 0 Å². The van der Waals surface area contributed by atoms with Crippen LogP contribution >= 0.6 is 11.6 Å². The molecule has 0 radical (unpaired) electrons. The van der Waals surface area contributed by atoms with Crippen molar-refractivity contribution < 1.29 is 4.39 Å². The van der Waals surface area contributed by atoms with Crippen LogP contribution in [0.15, 0.2) is 42.5 Å². The van der Waals surface area contributed by atoms with E-state index in [1.54, 1.807) is 28.8 Å². The van der Waals surface area contributed by atoms with Crippen LogP contribution < -0.4 is 0 Å². The Balaban J connectivity index is 1.52. The van der Waals surface area contributed by atoms with Crippen molar-refractivity contribution in [2.75, 3.05) is 0 Å². The molecule has 142 valence electrons. The molecule has 0 heterocycles. The van der Waals surface area contributed by atoms with Crippen molar-refractivity contribution in [1.82, 2.24) is 0 Å². The Morgan fingerprint density at radius 3 is 2.52 bits per heavy atom. The van der Waals surface area contributed by atoms with Gasteiger partial charge < -0.3 is 0 Å². The Morgan fingerprint density at radius 2 is 1.78 bits per heavy atom. The molecule has 0 saturated heterocycles. The predicted molar refractivity (Wildman–Crippen MR) is 112 cm³/mol. The minimum Gasteiger partial charge on any atom is -0.205 e. The van der Waals surface area contributed by atoms with E-state index in [2.05, 4.69) is 31.2 Å². The molecule has 0 unspecified atom stereocenters. The number of fused-ring (bicyclic) bond motifs is 3. The number of rotatable bonds is 4. The first kappa shape index (κ1) is 18.7. The molecule has 2 aliphatic rings. The van der Waals surface area contributed by atoms with Crippen LogP contribution in [0.4, 0.5) is 4.39 Å². The van der Waals surface area contributed by atoms with Crippen molar-refractivity contribution in [2.45, 2.75) is 64.2 Å². The second-order valence-corrected chi connectivity index (χ2v) is 8.58. The topological polar surface area (TPSA) is 0 Å². The highest BCUT2D eigenvalue weighted by atomic mass is 35.5. The van der Waals surface area contributed by atoms with Gasteiger partial charge >= 0.3 is 0 Å². The average molecular weight is 383 g/mol. The van der Waals surface area contributed by atoms with Gasteiger partial charge in [0.15, 0.2) is 0 Å². The summed E-state index contributed by atoms with van der Waals surface area (Å²) in [6, 6.07) is 10.0. The van der Waals surface area contributed by atoms with Crippen LogP contribution in [0.1, 0.15) is 66.3 Å². The molecule has 2 aromatic carbocycles. The Kier molecular flexibility index (Phi) is 5.68. The molecule has 0 amide bonds. The number of benzene rings is 2. The van der Waals surface area contributed by atoms with Crippen molar-refractivity contribution in [3.63, 3.8) is 0 Å². The van der Waals surface area contributed by atoms with Crippen molar-refractivity contribution in [2.24, 2.45) is 5.92 Å². The van der Waals surface area contributed by atoms with Crippen LogP contribution in [0.5, 0.6) is 0 Å². The Bertz CT molecular complexity index is 852. The normalized spacial score (nSPS) is 21.9. The predicted octanol–water partition coefficient (Wildman–Crippen LogP) is 7.21. The Morgan fingerprint density at radius 1 is 1.04 bits per heavy atom. The van der Waals surface area contributed by atoms with Gasteiger partial charge in [0.2, 0.25) is 0 Å². The van der Waals surface area contributed by atoms with Crippen molar-refractivity contribution in [3.05, 3.63) is 81.1 Å². The third-order valence-corrected chi connectivity index (χ3v) is 6.67. The third kappa shape index (κ3) is 3.99. The van der Waals surface area contributed by atoms with E-state index in [4.69, 9.17) is 11.6 Å². The molecule has 2 heteroatoms. The van der Waals surface area contributed by atoms with Gasteiger partial charge in [-0.3, -0.25) is 0 Å². The summed E-state index contributed by atoms with van der Waals surface area (Å²) < 4.78 is 13.9. The zero-order valence-electron chi connectivity index (χ0n) is 16.1. The Labute approximate surface area is 167 Å². The standard InChI is InChI=1S/C25H28ClF/c1-2-3-4-5-17-6-11-22-20(14-17)7-8-21-15-18(9-12-23(21)22)19-10-13-24(26)25(27)16-19/h4-5,7-8,10,13,16-18H,2-3,6,9,11-12,14-15H2,1H3/b5-4+/t17-,18-/m0/s1. The van der Waals surface area contributed by atoms with E-state index in [1.165, 1.54) is 37.7 Å². The highest BCUT2D eigenvalue weighted by molar-refractivity contribution is 6.30. The Hall–Kier alpha value is -1.60. The van der Waals surface area contributed by atoms with Gasteiger partial charge in [-0.05, 0) is 96.7 Å². The van der Waals surface area contributed by atoms with Crippen molar-refractivity contribution >= 4 is 11.6 Å². The first-order chi connectivity index (χ1) is 13.2. The SMILES string of the molecule is CCC/C=C/[C@H]1CCc2c(ccc3c2CC[C@H](c2ccc(Cl)c(F)c2)C3)C1. The van der Waals surface area contributed by atoms with Crippen LogP contribution in [-0.4, -0.2) is 0 Å².